The van der Waals surface area contributed by atoms with Gasteiger partial charge in [-0.25, -0.2) is 13.1 Å². The van der Waals surface area contributed by atoms with Crippen molar-refractivity contribution in [1.82, 2.24) is 19.5 Å². The fourth-order valence-electron chi connectivity index (χ4n) is 2.21. The first kappa shape index (κ1) is 16.9. The summed E-state index contributed by atoms with van der Waals surface area (Å²) in [6, 6.07) is 7.57. The number of rotatable bonds is 6. The van der Waals surface area contributed by atoms with E-state index in [0.717, 1.165) is 0 Å². The summed E-state index contributed by atoms with van der Waals surface area (Å²) in [6.45, 7) is 4.07. The number of nitrogens with one attached hydrogen (secondary N) is 1. The van der Waals surface area contributed by atoms with Gasteiger partial charge in [-0.3, -0.25) is 4.57 Å². The van der Waals surface area contributed by atoms with E-state index in [0.29, 0.717) is 18.4 Å². The average molecular weight is 335 g/mol. The van der Waals surface area contributed by atoms with Gasteiger partial charge < -0.3 is 4.74 Å². The molecule has 1 atom stereocenters. The number of ether oxygens (including phenoxy) is 1. The minimum Gasteiger partial charge on any atom is -0.467 e. The Kier molecular flexibility index (Phi) is 4.98. The highest BCUT2D eigenvalue weighted by Crippen LogP contribution is 2.20. The lowest BCUT2D eigenvalue weighted by Crippen LogP contribution is -2.29. The number of hydrogen-bond acceptors (Lipinski definition) is 6. The summed E-state index contributed by atoms with van der Waals surface area (Å²) >= 11 is 0. The highest BCUT2D eigenvalue weighted by Gasteiger charge is 2.25. The lowest BCUT2D eigenvalue weighted by atomic mass is 10.2. The van der Waals surface area contributed by atoms with Crippen molar-refractivity contribution >= 4 is 10.0 Å². The smallest absolute Gasteiger partial charge is 0.316 e. The molecule has 0 aliphatic rings. The molecule has 122 valence electrons. The van der Waals surface area contributed by atoms with E-state index in [-0.39, 0.29) is 10.5 Å². The fraction of sp³-hybridized carbons (Fsp3) is 0.357. The van der Waals surface area contributed by atoms with E-state index in [9.17, 15) is 8.42 Å². The Bertz CT molecular complexity index is 838. The largest absolute Gasteiger partial charge is 0.467 e. The number of aromatic nitrogens is 3. The molecule has 1 heterocycles. The highest BCUT2D eigenvalue weighted by molar-refractivity contribution is 7.89. The Morgan fingerprint density at radius 1 is 1.39 bits per heavy atom. The zero-order chi connectivity index (χ0) is 17.0. The van der Waals surface area contributed by atoms with E-state index in [1.54, 1.807) is 23.6 Å². The molecule has 0 spiro atoms. The van der Waals surface area contributed by atoms with Crippen molar-refractivity contribution in [2.24, 2.45) is 0 Å². The normalized spacial score (nSPS) is 12.6. The summed E-state index contributed by atoms with van der Waals surface area (Å²) in [5.74, 6) is 0.433. The lowest BCUT2D eigenvalue weighted by molar-refractivity contribution is 0.354. The van der Waals surface area contributed by atoms with E-state index < -0.39 is 16.1 Å². The second-order valence-corrected chi connectivity index (χ2v) is 6.42. The lowest BCUT2D eigenvalue weighted by Gasteiger charge is -2.15. The van der Waals surface area contributed by atoms with Crippen LogP contribution in [0.1, 0.15) is 31.3 Å². The second-order valence-electron chi connectivity index (χ2n) is 4.74. The maximum absolute atomic E-state index is 12.5. The topological polar surface area (TPSA) is 110 Å². The van der Waals surface area contributed by atoms with Gasteiger partial charge in [0.25, 0.3) is 0 Å². The van der Waals surface area contributed by atoms with Gasteiger partial charge in [0.2, 0.25) is 10.0 Å². The third-order valence-corrected chi connectivity index (χ3v) is 4.86. The zero-order valence-electron chi connectivity index (χ0n) is 13.0. The van der Waals surface area contributed by atoms with Crippen LogP contribution < -0.4 is 9.46 Å². The molecular weight excluding hydrogens is 318 g/mol. The minimum absolute atomic E-state index is 0.0659. The standard InChI is InChI=1S/C14H17N5O3S/c1-4-19-13(16-17-14(19)22-3)10(2)18-23(20,21)12-8-6-5-7-11(12)9-15/h5-8,10,18H,4H2,1-3H3/t10-/m1/s1. The van der Waals surface area contributed by atoms with E-state index in [1.807, 2.05) is 13.0 Å². The maximum Gasteiger partial charge on any atom is 0.316 e. The third kappa shape index (κ3) is 3.33. The molecule has 1 aromatic heterocycles. The van der Waals surface area contributed by atoms with Crippen LogP contribution in [0.15, 0.2) is 29.2 Å². The van der Waals surface area contributed by atoms with Crippen LogP contribution in [0.2, 0.25) is 0 Å². The predicted molar refractivity (Wildman–Crippen MR) is 82.1 cm³/mol. The van der Waals surface area contributed by atoms with Gasteiger partial charge in [0.1, 0.15) is 6.07 Å². The van der Waals surface area contributed by atoms with E-state index in [1.165, 1.54) is 19.2 Å². The van der Waals surface area contributed by atoms with Crippen LogP contribution in [0.4, 0.5) is 0 Å². The van der Waals surface area contributed by atoms with Crippen LogP contribution >= 0.6 is 0 Å². The summed E-state index contributed by atoms with van der Waals surface area (Å²) in [5, 5.41) is 16.9. The Morgan fingerprint density at radius 3 is 2.70 bits per heavy atom. The summed E-state index contributed by atoms with van der Waals surface area (Å²) in [7, 11) is -2.40. The number of nitriles is 1. The van der Waals surface area contributed by atoms with Gasteiger partial charge in [0.15, 0.2) is 5.82 Å². The van der Waals surface area contributed by atoms with Gasteiger partial charge in [0, 0.05) is 6.54 Å². The Morgan fingerprint density at radius 2 is 2.09 bits per heavy atom. The van der Waals surface area contributed by atoms with Crippen molar-refractivity contribution in [1.29, 1.82) is 5.26 Å². The molecule has 2 aromatic rings. The molecular formula is C14H17N5O3S. The average Bonchev–Trinajstić information content (AvgIpc) is 2.97. The quantitative estimate of drug-likeness (QED) is 0.850. The summed E-state index contributed by atoms with van der Waals surface area (Å²) in [4.78, 5) is -0.0659. The Labute approximate surface area is 134 Å². The van der Waals surface area contributed by atoms with Crippen molar-refractivity contribution in [3.63, 3.8) is 0 Å². The van der Waals surface area contributed by atoms with Gasteiger partial charge in [-0.05, 0) is 26.0 Å². The molecule has 0 amide bonds. The molecule has 8 nitrogen and oxygen atoms in total. The van der Waals surface area contributed by atoms with Crippen LogP contribution in [0.25, 0.3) is 0 Å². The van der Waals surface area contributed by atoms with Gasteiger partial charge in [-0.2, -0.15) is 5.26 Å². The SMILES string of the molecule is CCn1c(OC)nnc1[C@@H](C)NS(=O)(=O)c1ccccc1C#N. The summed E-state index contributed by atoms with van der Waals surface area (Å²) in [6.07, 6.45) is 0. The molecule has 0 saturated heterocycles. The van der Waals surface area contributed by atoms with Crippen LogP contribution in [0, 0.1) is 11.3 Å². The van der Waals surface area contributed by atoms with Crippen molar-refractivity contribution in [2.75, 3.05) is 7.11 Å². The molecule has 0 unspecified atom stereocenters. The minimum atomic E-state index is -3.87. The number of methoxy groups -OCH3 is 1. The van der Waals surface area contributed by atoms with Gasteiger partial charge in [0.05, 0.1) is 23.6 Å². The molecule has 0 bridgehead atoms. The fourth-order valence-corrected chi connectivity index (χ4v) is 3.57. The van der Waals surface area contributed by atoms with E-state index in [2.05, 4.69) is 14.9 Å². The van der Waals surface area contributed by atoms with Gasteiger partial charge in [-0.1, -0.05) is 17.2 Å². The van der Waals surface area contributed by atoms with Crippen molar-refractivity contribution < 1.29 is 13.2 Å². The molecule has 0 aliphatic heterocycles. The maximum atomic E-state index is 12.5. The van der Waals surface area contributed by atoms with Gasteiger partial charge in [-0.15, -0.1) is 5.10 Å². The molecule has 2 rings (SSSR count). The number of nitrogens with zero attached hydrogens (tertiary/aromatic N) is 4. The molecule has 0 aliphatic carbocycles. The first-order chi connectivity index (χ1) is 10.9. The molecule has 0 radical (unpaired) electrons. The molecule has 0 saturated carbocycles. The first-order valence-corrected chi connectivity index (χ1v) is 8.41. The van der Waals surface area contributed by atoms with Crippen molar-refractivity contribution in [2.45, 2.75) is 31.3 Å². The monoisotopic (exact) mass is 335 g/mol. The number of hydrogen-bond donors (Lipinski definition) is 1. The molecule has 1 aromatic carbocycles. The third-order valence-electron chi connectivity index (χ3n) is 3.26. The van der Waals surface area contributed by atoms with E-state index >= 15 is 0 Å². The molecule has 1 N–H and O–H groups in total. The predicted octanol–water partition coefficient (Wildman–Crippen LogP) is 1.22. The highest BCUT2D eigenvalue weighted by atomic mass is 32.2. The van der Waals surface area contributed by atoms with Crippen molar-refractivity contribution in [3.05, 3.63) is 35.7 Å². The zero-order valence-corrected chi connectivity index (χ0v) is 13.8. The second kappa shape index (κ2) is 6.76. The van der Waals surface area contributed by atoms with Crippen molar-refractivity contribution in [3.8, 4) is 12.1 Å². The Balaban J connectivity index is 2.34. The van der Waals surface area contributed by atoms with Crippen LogP contribution in [0.3, 0.4) is 0 Å². The summed E-state index contributed by atoms with van der Waals surface area (Å²) < 4.78 is 34.3. The summed E-state index contributed by atoms with van der Waals surface area (Å²) in [5.41, 5.74) is 0.0849. The molecule has 0 fully saturated rings. The number of benzene rings is 1. The number of sulfonamides is 1. The van der Waals surface area contributed by atoms with Gasteiger partial charge >= 0.3 is 6.01 Å². The Hall–Kier alpha value is -2.44. The van der Waals surface area contributed by atoms with Crippen LogP contribution in [-0.4, -0.2) is 30.3 Å². The van der Waals surface area contributed by atoms with Crippen LogP contribution in [0.5, 0.6) is 6.01 Å². The molecule has 9 heteroatoms. The van der Waals surface area contributed by atoms with Crippen LogP contribution in [-0.2, 0) is 16.6 Å². The van der Waals surface area contributed by atoms with E-state index in [4.69, 9.17) is 10.00 Å². The molecule has 23 heavy (non-hydrogen) atoms. The first-order valence-electron chi connectivity index (χ1n) is 6.93.